The van der Waals surface area contributed by atoms with Gasteiger partial charge in [0.25, 0.3) is 0 Å². The third-order valence-corrected chi connectivity index (χ3v) is 3.43. The van der Waals surface area contributed by atoms with E-state index in [-0.39, 0.29) is 6.42 Å². The van der Waals surface area contributed by atoms with Crippen LogP contribution in [0.2, 0.25) is 0 Å². The van der Waals surface area contributed by atoms with Crippen molar-refractivity contribution in [1.82, 2.24) is 0 Å². The molecule has 0 atom stereocenters. The van der Waals surface area contributed by atoms with E-state index >= 15 is 0 Å². The van der Waals surface area contributed by atoms with E-state index in [1.165, 1.54) is 0 Å². The summed E-state index contributed by atoms with van der Waals surface area (Å²) in [5.74, 6) is -0.872. The molecule has 0 aliphatic heterocycles. The quantitative estimate of drug-likeness (QED) is 0.828. The van der Waals surface area contributed by atoms with Crippen LogP contribution < -0.4 is 5.73 Å². The molecule has 0 radical (unpaired) electrons. The number of aliphatic carboxylic acids is 1. The highest BCUT2D eigenvalue weighted by atomic mass is 32.2. The molecule has 0 aromatic heterocycles. The Morgan fingerprint density at radius 2 is 1.83 bits per heavy atom. The number of hydrogen-bond donors (Lipinski definition) is 2. The van der Waals surface area contributed by atoms with E-state index in [0.717, 1.165) is 9.79 Å². The van der Waals surface area contributed by atoms with Crippen molar-refractivity contribution < 1.29 is 9.90 Å². The van der Waals surface area contributed by atoms with Gasteiger partial charge < -0.3 is 10.8 Å². The Bertz CT molecular complexity index is 555. The lowest BCUT2D eigenvalue weighted by atomic mass is 10.1. The molecule has 3 nitrogen and oxygen atoms in total. The molecule has 0 aliphatic rings. The minimum atomic E-state index is -0.872. The molecule has 18 heavy (non-hydrogen) atoms. The summed E-state index contributed by atoms with van der Waals surface area (Å²) in [7, 11) is 0. The Hall–Kier alpha value is -1.94. The normalized spacial score (nSPS) is 10.2. The predicted molar refractivity (Wildman–Crippen MR) is 72.8 cm³/mol. The predicted octanol–water partition coefficient (Wildman–Crippen LogP) is 3.05. The number of rotatable bonds is 4. The standard InChI is InChI=1S/C14H13NO2S/c15-13-7-6-12(8-10(13)9-14(16)17)18-11-4-2-1-3-5-11/h1-8H,9,15H2,(H,16,17). The molecular formula is C14H13NO2S. The first-order valence-electron chi connectivity index (χ1n) is 5.48. The lowest BCUT2D eigenvalue weighted by molar-refractivity contribution is -0.136. The van der Waals surface area contributed by atoms with Crippen LogP contribution in [0.15, 0.2) is 58.3 Å². The SMILES string of the molecule is Nc1ccc(Sc2ccccc2)cc1CC(=O)O. The molecule has 0 spiro atoms. The molecule has 0 saturated carbocycles. The maximum Gasteiger partial charge on any atom is 0.307 e. The average molecular weight is 259 g/mol. The van der Waals surface area contributed by atoms with E-state index in [9.17, 15) is 4.79 Å². The second-order valence-electron chi connectivity index (χ2n) is 3.85. The second kappa shape index (κ2) is 5.60. The summed E-state index contributed by atoms with van der Waals surface area (Å²) in [6, 6.07) is 15.4. The summed E-state index contributed by atoms with van der Waals surface area (Å²) >= 11 is 1.59. The number of carboxylic acid groups (broad SMARTS) is 1. The minimum Gasteiger partial charge on any atom is -0.481 e. The zero-order valence-electron chi connectivity index (χ0n) is 9.67. The average Bonchev–Trinajstić information content (AvgIpc) is 2.34. The molecule has 2 rings (SSSR count). The van der Waals surface area contributed by atoms with Gasteiger partial charge in [0.05, 0.1) is 6.42 Å². The highest BCUT2D eigenvalue weighted by molar-refractivity contribution is 7.99. The van der Waals surface area contributed by atoms with Crippen LogP contribution in [0, 0.1) is 0 Å². The van der Waals surface area contributed by atoms with Gasteiger partial charge in [-0.3, -0.25) is 4.79 Å². The Morgan fingerprint density at radius 1 is 1.11 bits per heavy atom. The summed E-state index contributed by atoms with van der Waals surface area (Å²) < 4.78 is 0. The summed E-state index contributed by atoms with van der Waals surface area (Å²) in [5, 5.41) is 8.81. The molecule has 0 unspecified atom stereocenters. The molecule has 0 amide bonds. The molecule has 0 heterocycles. The third kappa shape index (κ3) is 3.28. The Kier molecular flexibility index (Phi) is 3.89. The van der Waals surface area contributed by atoms with Gasteiger partial charge in [-0.15, -0.1) is 0 Å². The Labute approximate surface area is 110 Å². The van der Waals surface area contributed by atoms with Crippen LogP contribution in [0.25, 0.3) is 0 Å². The number of carbonyl (C=O) groups is 1. The molecule has 0 fully saturated rings. The monoisotopic (exact) mass is 259 g/mol. The van der Waals surface area contributed by atoms with Gasteiger partial charge in [-0.05, 0) is 35.9 Å². The number of nitrogen functional groups attached to an aromatic ring is 1. The fraction of sp³-hybridized carbons (Fsp3) is 0.0714. The van der Waals surface area contributed by atoms with Gasteiger partial charge in [0.15, 0.2) is 0 Å². The highest BCUT2D eigenvalue weighted by Crippen LogP contribution is 2.29. The van der Waals surface area contributed by atoms with Gasteiger partial charge in [-0.25, -0.2) is 0 Å². The van der Waals surface area contributed by atoms with Crippen molar-refractivity contribution in [2.45, 2.75) is 16.2 Å². The van der Waals surface area contributed by atoms with Crippen LogP contribution in [-0.2, 0) is 11.2 Å². The van der Waals surface area contributed by atoms with Gasteiger partial charge >= 0.3 is 5.97 Å². The van der Waals surface area contributed by atoms with E-state index < -0.39 is 5.97 Å². The van der Waals surface area contributed by atoms with Crippen LogP contribution in [0.4, 0.5) is 5.69 Å². The van der Waals surface area contributed by atoms with E-state index in [1.54, 1.807) is 17.8 Å². The van der Waals surface area contributed by atoms with Crippen LogP contribution in [0.5, 0.6) is 0 Å². The van der Waals surface area contributed by atoms with Gasteiger partial charge in [-0.1, -0.05) is 30.0 Å². The van der Waals surface area contributed by atoms with Crippen molar-refractivity contribution in [2.24, 2.45) is 0 Å². The first kappa shape index (κ1) is 12.5. The topological polar surface area (TPSA) is 63.3 Å². The van der Waals surface area contributed by atoms with Crippen molar-refractivity contribution in [3.63, 3.8) is 0 Å². The van der Waals surface area contributed by atoms with Crippen LogP contribution >= 0.6 is 11.8 Å². The summed E-state index contributed by atoms with van der Waals surface area (Å²) in [6.07, 6.45) is -0.0466. The molecule has 0 saturated heterocycles. The zero-order valence-corrected chi connectivity index (χ0v) is 10.5. The first-order chi connectivity index (χ1) is 8.65. The first-order valence-corrected chi connectivity index (χ1v) is 6.30. The molecule has 0 bridgehead atoms. The van der Waals surface area contributed by atoms with Crippen molar-refractivity contribution in [3.8, 4) is 0 Å². The van der Waals surface area contributed by atoms with E-state index in [0.29, 0.717) is 11.3 Å². The number of carboxylic acids is 1. The van der Waals surface area contributed by atoms with Crippen molar-refractivity contribution >= 4 is 23.4 Å². The smallest absolute Gasteiger partial charge is 0.307 e. The number of benzene rings is 2. The number of hydrogen-bond acceptors (Lipinski definition) is 3. The van der Waals surface area contributed by atoms with Crippen LogP contribution in [0.1, 0.15) is 5.56 Å². The maximum atomic E-state index is 10.7. The largest absolute Gasteiger partial charge is 0.481 e. The lowest BCUT2D eigenvalue weighted by Crippen LogP contribution is -2.03. The number of anilines is 1. The molecule has 3 N–H and O–H groups in total. The Morgan fingerprint density at radius 3 is 2.50 bits per heavy atom. The zero-order chi connectivity index (χ0) is 13.0. The van der Waals surface area contributed by atoms with Crippen molar-refractivity contribution in [2.75, 3.05) is 5.73 Å². The summed E-state index contributed by atoms with van der Waals surface area (Å²) in [5.41, 5.74) is 6.94. The third-order valence-electron chi connectivity index (χ3n) is 2.44. The van der Waals surface area contributed by atoms with Gasteiger partial charge in [0.1, 0.15) is 0 Å². The van der Waals surface area contributed by atoms with E-state index in [1.807, 2.05) is 42.5 Å². The van der Waals surface area contributed by atoms with E-state index in [2.05, 4.69) is 0 Å². The summed E-state index contributed by atoms with van der Waals surface area (Å²) in [6.45, 7) is 0. The molecule has 2 aromatic carbocycles. The Balaban J connectivity index is 2.22. The molecule has 2 aromatic rings. The molecular weight excluding hydrogens is 246 g/mol. The molecule has 0 aliphatic carbocycles. The van der Waals surface area contributed by atoms with Crippen LogP contribution in [0.3, 0.4) is 0 Å². The van der Waals surface area contributed by atoms with Crippen molar-refractivity contribution in [3.05, 3.63) is 54.1 Å². The van der Waals surface area contributed by atoms with Gasteiger partial charge in [0.2, 0.25) is 0 Å². The second-order valence-corrected chi connectivity index (χ2v) is 4.99. The van der Waals surface area contributed by atoms with E-state index in [4.69, 9.17) is 10.8 Å². The molecule has 4 heteroatoms. The number of nitrogens with two attached hydrogens (primary N) is 1. The van der Waals surface area contributed by atoms with Crippen LogP contribution in [-0.4, -0.2) is 11.1 Å². The maximum absolute atomic E-state index is 10.7. The fourth-order valence-electron chi connectivity index (χ4n) is 1.59. The van der Waals surface area contributed by atoms with Gasteiger partial charge in [-0.2, -0.15) is 0 Å². The highest BCUT2D eigenvalue weighted by Gasteiger charge is 2.06. The summed E-state index contributed by atoms with van der Waals surface area (Å²) in [4.78, 5) is 12.8. The fourth-order valence-corrected chi connectivity index (χ4v) is 2.49. The van der Waals surface area contributed by atoms with Gasteiger partial charge in [0, 0.05) is 15.5 Å². The minimum absolute atomic E-state index is 0.0466. The lowest BCUT2D eigenvalue weighted by Gasteiger charge is -2.06. The molecule has 92 valence electrons. The van der Waals surface area contributed by atoms with Crippen molar-refractivity contribution in [1.29, 1.82) is 0 Å².